The number of hydrogen-bond donors (Lipinski definition) is 1. The van der Waals surface area contributed by atoms with Crippen LogP contribution in [0, 0.1) is 0 Å². The molecule has 2 aromatic carbocycles. The Morgan fingerprint density at radius 2 is 1.79 bits per heavy atom. The predicted octanol–water partition coefficient (Wildman–Crippen LogP) is 5.68. The lowest BCUT2D eigenvalue weighted by Crippen LogP contribution is -2.28. The smallest absolute Gasteiger partial charge is 0.295 e. The van der Waals surface area contributed by atoms with Crippen molar-refractivity contribution in [2.24, 2.45) is 0 Å². The van der Waals surface area contributed by atoms with Gasteiger partial charge in [0.05, 0.1) is 25.3 Å². The molecule has 1 aliphatic heterocycles. The number of amides is 1. The van der Waals surface area contributed by atoms with Gasteiger partial charge in [-0.3, -0.25) is 9.59 Å². The van der Waals surface area contributed by atoms with Gasteiger partial charge in [0.25, 0.3) is 11.7 Å². The number of ketones is 1. The number of carbonyl (C=O) groups is 2. The molecule has 3 aromatic rings. The van der Waals surface area contributed by atoms with Crippen molar-refractivity contribution in [3.05, 3.63) is 93.2 Å². The standard InChI is InChI=1S/C27H27NO4S/c1-27(2,3)20-15-18(12-13-21(20)32-4)24(29)22-23(17-9-6-5-7-10-17)28(26(31)25(22)30)16-19-11-8-14-33-19/h5-15,23,29H,16H2,1-4H3/b24-22-. The van der Waals surface area contributed by atoms with E-state index in [2.05, 4.69) is 20.8 Å². The lowest BCUT2D eigenvalue weighted by molar-refractivity contribution is -0.140. The van der Waals surface area contributed by atoms with Crippen molar-refractivity contribution in [3.8, 4) is 5.75 Å². The number of carbonyl (C=O) groups excluding carboxylic acids is 2. The summed E-state index contributed by atoms with van der Waals surface area (Å²) in [5.74, 6) is -0.754. The maximum atomic E-state index is 13.2. The molecule has 1 atom stereocenters. The van der Waals surface area contributed by atoms with E-state index in [-0.39, 0.29) is 16.7 Å². The van der Waals surface area contributed by atoms with Crippen LogP contribution in [0.1, 0.15) is 48.4 Å². The molecular formula is C27H27NO4S. The van der Waals surface area contributed by atoms with E-state index in [1.807, 2.05) is 53.9 Å². The molecule has 0 saturated carbocycles. The number of likely N-dealkylation sites (tertiary alicyclic amines) is 1. The van der Waals surface area contributed by atoms with Crippen molar-refractivity contribution in [2.45, 2.75) is 38.8 Å². The van der Waals surface area contributed by atoms with Gasteiger partial charge in [-0.2, -0.15) is 0 Å². The average molecular weight is 462 g/mol. The first-order valence-electron chi connectivity index (χ1n) is 10.8. The van der Waals surface area contributed by atoms with Gasteiger partial charge in [-0.05, 0) is 40.6 Å². The predicted molar refractivity (Wildman–Crippen MR) is 130 cm³/mol. The maximum absolute atomic E-state index is 13.2. The van der Waals surface area contributed by atoms with Crippen LogP contribution in [0.25, 0.3) is 5.76 Å². The minimum absolute atomic E-state index is 0.104. The molecule has 1 unspecified atom stereocenters. The molecule has 1 saturated heterocycles. The maximum Gasteiger partial charge on any atom is 0.295 e. The fraction of sp³-hybridized carbons (Fsp3) is 0.259. The number of aliphatic hydroxyl groups excluding tert-OH is 1. The Hall–Kier alpha value is -3.38. The minimum Gasteiger partial charge on any atom is -0.507 e. The quantitative estimate of drug-likeness (QED) is 0.302. The Bertz CT molecular complexity index is 1210. The van der Waals surface area contributed by atoms with Crippen molar-refractivity contribution in [1.29, 1.82) is 0 Å². The van der Waals surface area contributed by atoms with E-state index in [9.17, 15) is 14.7 Å². The van der Waals surface area contributed by atoms with Crippen LogP contribution in [-0.2, 0) is 21.5 Å². The first-order chi connectivity index (χ1) is 15.7. The molecule has 1 amide bonds. The number of aliphatic hydroxyl groups is 1. The highest BCUT2D eigenvalue weighted by Gasteiger charge is 2.46. The van der Waals surface area contributed by atoms with Gasteiger partial charge in [-0.1, -0.05) is 57.2 Å². The molecular weight excluding hydrogens is 434 g/mol. The highest BCUT2D eigenvalue weighted by molar-refractivity contribution is 7.09. The topological polar surface area (TPSA) is 66.8 Å². The molecule has 5 nitrogen and oxygen atoms in total. The van der Waals surface area contributed by atoms with E-state index in [4.69, 9.17) is 4.74 Å². The molecule has 4 rings (SSSR count). The van der Waals surface area contributed by atoms with Crippen molar-refractivity contribution in [1.82, 2.24) is 4.90 Å². The van der Waals surface area contributed by atoms with Crippen molar-refractivity contribution in [3.63, 3.8) is 0 Å². The van der Waals surface area contributed by atoms with E-state index in [1.165, 1.54) is 11.3 Å². The normalized spacial score (nSPS) is 18.1. The van der Waals surface area contributed by atoms with Crippen LogP contribution in [0.3, 0.4) is 0 Å². The summed E-state index contributed by atoms with van der Waals surface area (Å²) in [4.78, 5) is 28.8. The zero-order valence-corrected chi connectivity index (χ0v) is 20.0. The number of methoxy groups -OCH3 is 1. The summed E-state index contributed by atoms with van der Waals surface area (Å²) in [5, 5.41) is 13.3. The van der Waals surface area contributed by atoms with Gasteiger partial charge >= 0.3 is 0 Å². The first-order valence-corrected chi connectivity index (χ1v) is 11.6. The SMILES string of the molecule is COc1ccc(/C(O)=C2/C(=O)C(=O)N(Cc3cccs3)C2c2ccccc2)cc1C(C)(C)C. The average Bonchev–Trinajstić information content (AvgIpc) is 3.40. The number of benzene rings is 2. The second-order valence-electron chi connectivity index (χ2n) is 9.08. The lowest BCUT2D eigenvalue weighted by Gasteiger charge is -2.25. The highest BCUT2D eigenvalue weighted by atomic mass is 32.1. The third kappa shape index (κ3) is 4.31. The molecule has 1 fully saturated rings. The van der Waals surface area contributed by atoms with E-state index >= 15 is 0 Å². The third-order valence-corrected chi connectivity index (χ3v) is 6.70. The molecule has 0 radical (unpaired) electrons. The summed E-state index contributed by atoms with van der Waals surface area (Å²) in [5.41, 5.74) is 2.02. The highest BCUT2D eigenvalue weighted by Crippen LogP contribution is 2.41. The molecule has 2 heterocycles. The molecule has 33 heavy (non-hydrogen) atoms. The van der Waals surface area contributed by atoms with Crippen LogP contribution in [0.2, 0.25) is 0 Å². The molecule has 1 N–H and O–H groups in total. The number of Topliss-reactive ketones (excluding diaryl/α,β-unsaturated/α-hetero) is 1. The molecule has 0 spiro atoms. The Kier molecular flexibility index (Phi) is 6.13. The lowest BCUT2D eigenvalue weighted by atomic mass is 9.84. The van der Waals surface area contributed by atoms with E-state index in [0.29, 0.717) is 17.9 Å². The molecule has 0 bridgehead atoms. The molecule has 1 aromatic heterocycles. The van der Waals surface area contributed by atoms with Crippen LogP contribution in [0.15, 0.2) is 71.6 Å². The van der Waals surface area contributed by atoms with Gasteiger partial charge in [0.2, 0.25) is 0 Å². The van der Waals surface area contributed by atoms with Crippen LogP contribution in [0.4, 0.5) is 0 Å². The number of nitrogens with zero attached hydrogens (tertiary/aromatic N) is 1. The zero-order valence-electron chi connectivity index (χ0n) is 19.2. The van der Waals surface area contributed by atoms with Gasteiger partial charge in [0.15, 0.2) is 0 Å². The molecule has 6 heteroatoms. The van der Waals surface area contributed by atoms with Gasteiger partial charge in [0, 0.05) is 16.0 Å². The van der Waals surface area contributed by atoms with Crippen molar-refractivity contribution >= 4 is 28.8 Å². The van der Waals surface area contributed by atoms with Crippen LogP contribution >= 0.6 is 11.3 Å². The minimum atomic E-state index is -0.675. The van der Waals surface area contributed by atoms with Crippen LogP contribution in [0.5, 0.6) is 5.75 Å². The second-order valence-corrected chi connectivity index (χ2v) is 10.1. The summed E-state index contributed by atoms with van der Waals surface area (Å²) >= 11 is 1.53. The molecule has 0 aliphatic carbocycles. The Labute approximate surface area is 197 Å². The fourth-order valence-electron chi connectivity index (χ4n) is 4.19. The van der Waals surface area contributed by atoms with Gasteiger partial charge in [0.1, 0.15) is 11.5 Å². The molecule has 1 aliphatic rings. The largest absolute Gasteiger partial charge is 0.507 e. The summed E-state index contributed by atoms with van der Waals surface area (Å²) < 4.78 is 5.51. The monoisotopic (exact) mass is 461 g/mol. The fourth-order valence-corrected chi connectivity index (χ4v) is 4.89. The Morgan fingerprint density at radius 1 is 1.06 bits per heavy atom. The van der Waals surface area contributed by atoms with E-state index in [0.717, 1.165) is 16.0 Å². The zero-order chi connectivity index (χ0) is 23.8. The summed E-state index contributed by atoms with van der Waals surface area (Å²) in [6.07, 6.45) is 0. The van der Waals surface area contributed by atoms with Gasteiger partial charge in [-0.15, -0.1) is 11.3 Å². The third-order valence-electron chi connectivity index (χ3n) is 5.84. The molecule has 170 valence electrons. The van der Waals surface area contributed by atoms with Crippen molar-refractivity contribution < 1.29 is 19.4 Å². The van der Waals surface area contributed by atoms with E-state index < -0.39 is 17.7 Å². The van der Waals surface area contributed by atoms with Crippen LogP contribution < -0.4 is 4.74 Å². The number of thiophene rings is 1. The second kappa shape index (κ2) is 8.87. The first kappa shape index (κ1) is 22.8. The Morgan fingerprint density at radius 3 is 2.39 bits per heavy atom. The Balaban J connectivity index is 1.88. The number of hydrogen-bond acceptors (Lipinski definition) is 5. The summed E-state index contributed by atoms with van der Waals surface area (Å²) in [7, 11) is 1.61. The summed E-state index contributed by atoms with van der Waals surface area (Å²) in [6.45, 7) is 6.46. The van der Waals surface area contributed by atoms with Crippen molar-refractivity contribution in [2.75, 3.05) is 7.11 Å². The number of ether oxygens (including phenoxy) is 1. The van der Waals surface area contributed by atoms with Gasteiger partial charge < -0.3 is 14.7 Å². The van der Waals surface area contributed by atoms with E-state index in [1.54, 1.807) is 24.1 Å². The number of rotatable bonds is 5. The summed E-state index contributed by atoms with van der Waals surface area (Å²) in [6, 6.07) is 17.9. The van der Waals surface area contributed by atoms with Gasteiger partial charge in [-0.25, -0.2) is 0 Å². The van der Waals surface area contributed by atoms with Crippen LogP contribution in [-0.4, -0.2) is 28.8 Å².